The normalized spacial score (nSPS) is 18.2. The lowest BCUT2D eigenvalue weighted by Gasteiger charge is -2.33. The van der Waals surface area contributed by atoms with Crippen molar-refractivity contribution in [3.05, 3.63) is 23.8 Å². The van der Waals surface area contributed by atoms with Crippen LogP contribution in [0.4, 0.5) is 5.69 Å². The zero-order valence-electron chi connectivity index (χ0n) is 12.4. The Labute approximate surface area is 124 Å². The number of ether oxygens (including phenoxy) is 1. The summed E-state index contributed by atoms with van der Waals surface area (Å²) in [7, 11) is 1.55. The molecule has 1 aliphatic heterocycles. The van der Waals surface area contributed by atoms with E-state index in [0.29, 0.717) is 30.1 Å². The molecule has 2 rings (SSSR count). The Morgan fingerprint density at radius 2 is 2.19 bits per heavy atom. The number of nitrogens with zero attached hydrogens (tertiary/aromatic N) is 1. The van der Waals surface area contributed by atoms with E-state index in [0.717, 1.165) is 12.8 Å². The van der Waals surface area contributed by atoms with Crippen LogP contribution in [0.25, 0.3) is 0 Å². The fraction of sp³-hybridized carbons (Fsp3) is 0.467. The van der Waals surface area contributed by atoms with E-state index in [4.69, 9.17) is 10.5 Å². The molecule has 1 heterocycles. The number of nitrogens with two attached hydrogens (primary N) is 1. The number of benzene rings is 1. The molecule has 6 nitrogen and oxygen atoms in total. The van der Waals surface area contributed by atoms with Crippen molar-refractivity contribution in [2.45, 2.75) is 25.8 Å². The van der Waals surface area contributed by atoms with Crippen molar-refractivity contribution in [3.8, 4) is 5.75 Å². The van der Waals surface area contributed by atoms with Gasteiger partial charge in [-0.25, -0.2) is 0 Å². The minimum atomic E-state index is -0.106. The number of likely N-dealkylation sites (tertiary alicyclic amines) is 1. The number of nitrogen functional groups attached to an aromatic ring is 1. The highest BCUT2D eigenvalue weighted by Crippen LogP contribution is 2.22. The van der Waals surface area contributed by atoms with E-state index in [1.54, 1.807) is 30.2 Å². The molecule has 1 aromatic rings. The number of amides is 2. The highest BCUT2D eigenvalue weighted by atomic mass is 16.5. The third kappa shape index (κ3) is 3.65. The lowest BCUT2D eigenvalue weighted by atomic mass is 10.0. The second-order valence-electron chi connectivity index (χ2n) is 5.24. The summed E-state index contributed by atoms with van der Waals surface area (Å²) < 4.78 is 5.08. The first-order valence-electron chi connectivity index (χ1n) is 7.01. The van der Waals surface area contributed by atoms with Crippen LogP contribution in [0, 0.1) is 0 Å². The lowest BCUT2D eigenvalue weighted by Crippen LogP contribution is -2.49. The summed E-state index contributed by atoms with van der Waals surface area (Å²) in [4.78, 5) is 25.4. The Morgan fingerprint density at radius 3 is 2.81 bits per heavy atom. The maximum atomic E-state index is 12.5. The molecule has 2 amide bonds. The van der Waals surface area contributed by atoms with Gasteiger partial charge in [-0.05, 0) is 25.0 Å². The molecule has 6 heteroatoms. The van der Waals surface area contributed by atoms with Crippen LogP contribution in [0.15, 0.2) is 18.2 Å². The molecule has 114 valence electrons. The van der Waals surface area contributed by atoms with Gasteiger partial charge in [-0.3, -0.25) is 9.59 Å². The first-order valence-corrected chi connectivity index (χ1v) is 7.01. The first kappa shape index (κ1) is 15.2. The number of rotatable bonds is 3. The average Bonchev–Trinajstić information content (AvgIpc) is 2.46. The minimum Gasteiger partial charge on any atom is -0.497 e. The van der Waals surface area contributed by atoms with Crippen molar-refractivity contribution < 1.29 is 14.3 Å². The Morgan fingerprint density at radius 1 is 1.43 bits per heavy atom. The van der Waals surface area contributed by atoms with Crippen molar-refractivity contribution in [1.29, 1.82) is 0 Å². The Balaban J connectivity index is 2.10. The molecule has 1 unspecified atom stereocenters. The van der Waals surface area contributed by atoms with Crippen LogP contribution in [0.5, 0.6) is 5.75 Å². The van der Waals surface area contributed by atoms with Crippen LogP contribution in [0.1, 0.15) is 30.1 Å². The SMILES string of the molecule is COc1ccc(C(=O)N2CCCC(NC(C)=O)C2)c(N)c1. The molecule has 3 N–H and O–H groups in total. The standard InChI is InChI=1S/C15H21N3O3/c1-10(19)17-11-4-3-7-18(9-11)15(20)13-6-5-12(21-2)8-14(13)16/h5-6,8,11H,3-4,7,9,16H2,1-2H3,(H,17,19). The first-order chi connectivity index (χ1) is 10.0. The highest BCUT2D eigenvalue weighted by Gasteiger charge is 2.25. The van der Waals surface area contributed by atoms with Crippen LogP contribution in [-0.4, -0.2) is 43.0 Å². The number of carbonyl (C=O) groups is 2. The quantitative estimate of drug-likeness (QED) is 0.814. The predicted octanol–water partition coefficient (Wildman–Crippen LogP) is 1.02. The van der Waals surface area contributed by atoms with Gasteiger partial charge >= 0.3 is 0 Å². The molecule has 1 atom stereocenters. The molecule has 0 aliphatic carbocycles. The summed E-state index contributed by atoms with van der Waals surface area (Å²) in [5.74, 6) is 0.447. The third-order valence-corrected chi connectivity index (χ3v) is 3.61. The van der Waals surface area contributed by atoms with E-state index < -0.39 is 0 Å². The number of nitrogens with one attached hydrogen (secondary N) is 1. The van der Waals surface area contributed by atoms with Gasteiger partial charge in [-0.1, -0.05) is 0 Å². The van der Waals surface area contributed by atoms with Crippen LogP contribution in [0.3, 0.4) is 0 Å². The van der Waals surface area contributed by atoms with Crippen LogP contribution in [0.2, 0.25) is 0 Å². The van der Waals surface area contributed by atoms with E-state index in [1.165, 1.54) is 6.92 Å². The fourth-order valence-electron chi connectivity index (χ4n) is 2.60. The molecule has 21 heavy (non-hydrogen) atoms. The van der Waals surface area contributed by atoms with E-state index in [2.05, 4.69) is 5.32 Å². The van der Waals surface area contributed by atoms with Gasteiger partial charge < -0.3 is 20.7 Å². The van der Waals surface area contributed by atoms with E-state index >= 15 is 0 Å². The van der Waals surface area contributed by atoms with E-state index in [1.807, 2.05) is 0 Å². The average molecular weight is 291 g/mol. The fourth-order valence-corrected chi connectivity index (χ4v) is 2.60. The van der Waals surface area contributed by atoms with Gasteiger partial charge in [0.15, 0.2) is 0 Å². The van der Waals surface area contributed by atoms with Gasteiger partial charge in [0.1, 0.15) is 5.75 Å². The van der Waals surface area contributed by atoms with Gasteiger partial charge in [-0.15, -0.1) is 0 Å². The minimum absolute atomic E-state index is 0.0136. The Kier molecular flexibility index (Phi) is 4.67. The van der Waals surface area contributed by atoms with Crippen molar-refractivity contribution in [3.63, 3.8) is 0 Å². The monoisotopic (exact) mass is 291 g/mol. The number of anilines is 1. The number of hydrogen-bond acceptors (Lipinski definition) is 4. The van der Waals surface area contributed by atoms with Crippen LogP contribution in [-0.2, 0) is 4.79 Å². The zero-order valence-corrected chi connectivity index (χ0v) is 12.4. The van der Waals surface area contributed by atoms with Crippen molar-refractivity contribution >= 4 is 17.5 Å². The van der Waals surface area contributed by atoms with E-state index in [9.17, 15) is 9.59 Å². The van der Waals surface area contributed by atoms with Gasteiger partial charge in [0.25, 0.3) is 5.91 Å². The van der Waals surface area contributed by atoms with E-state index in [-0.39, 0.29) is 17.9 Å². The Hall–Kier alpha value is -2.24. The van der Waals surface area contributed by atoms with Crippen LogP contribution < -0.4 is 15.8 Å². The zero-order chi connectivity index (χ0) is 15.4. The molecule has 0 saturated carbocycles. The summed E-state index contributed by atoms with van der Waals surface area (Å²) >= 11 is 0. The Bertz CT molecular complexity index is 545. The van der Waals surface area contributed by atoms with Crippen LogP contribution >= 0.6 is 0 Å². The molecular weight excluding hydrogens is 270 g/mol. The maximum absolute atomic E-state index is 12.5. The largest absolute Gasteiger partial charge is 0.497 e. The topological polar surface area (TPSA) is 84.7 Å². The summed E-state index contributed by atoms with van der Waals surface area (Å²) in [5.41, 5.74) is 6.80. The van der Waals surface area contributed by atoms with Crippen molar-refractivity contribution in [2.24, 2.45) is 0 Å². The molecule has 0 spiro atoms. The molecular formula is C15H21N3O3. The highest BCUT2D eigenvalue weighted by molar-refractivity contribution is 5.99. The summed E-state index contributed by atoms with van der Waals surface area (Å²) in [6.45, 7) is 2.69. The number of carbonyl (C=O) groups excluding carboxylic acids is 2. The van der Waals surface area contributed by atoms with Gasteiger partial charge in [-0.2, -0.15) is 0 Å². The second kappa shape index (κ2) is 6.47. The smallest absolute Gasteiger partial charge is 0.256 e. The molecule has 0 aromatic heterocycles. The van der Waals surface area contributed by atoms with Gasteiger partial charge in [0.2, 0.25) is 5.91 Å². The summed E-state index contributed by atoms with van der Waals surface area (Å²) in [6.07, 6.45) is 1.76. The van der Waals surface area contributed by atoms with Crippen molar-refractivity contribution in [2.75, 3.05) is 25.9 Å². The predicted molar refractivity (Wildman–Crippen MR) is 80.1 cm³/mol. The molecule has 1 aromatic carbocycles. The molecule has 0 bridgehead atoms. The van der Waals surface area contributed by atoms with Crippen molar-refractivity contribution in [1.82, 2.24) is 10.2 Å². The molecule has 0 radical (unpaired) electrons. The molecule has 1 fully saturated rings. The number of piperidine rings is 1. The van der Waals surface area contributed by atoms with Gasteiger partial charge in [0.05, 0.1) is 12.7 Å². The lowest BCUT2D eigenvalue weighted by molar-refractivity contribution is -0.120. The summed E-state index contributed by atoms with van der Waals surface area (Å²) in [5, 5.41) is 2.87. The number of hydrogen-bond donors (Lipinski definition) is 2. The number of methoxy groups -OCH3 is 1. The molecule has 1 saturated heterocycles. The van der Waals surface area contributed by atoms with Gasteiger partial charge in [0, 0.05) is 37.8 Å². The third-order valence-electron chi connectivity index (χ3n) is 3.61. The second-order valence-corrected chi connectivity index (χ2v) is 5.24. The molecule has 1 aliphatic rings. The maximum Gasteiger partial charge on any atom is 0.256 e. The summed E-state index contributed by atoms with van der Waals surface area (Å²) in [6, 6.07) is 5.06.